The lowest BCUT2D eigenvalue weighted by Crippen LogP contribution is -2.26. The highest BCUT2D eigenvalue weighted by Crippen LogP contribution is 2.24. The zero-order valence-corrected chi connectivity index (χ0v) is 14.3. The van der Waals surface area contributed by atoms with E-state index in [2.05, 4.69) is 20.7 Å². The third-order valence-electron chi connectivity index (χ3n) is 2.67. The molecule has 4 nitrogen and oxygen atoms in total. The zero-order chi connectivity index (χ0) is 13.8. The molecule has 0 aromatic heterocycles. The quantitative estimate of drug-likeness (QED) is 0.755. The van der Waals surface area contributed by atoms with Gasteiger partial charge in [0.25, 0.3) is 0 Å². The Bertz CT molecular complexity index is 521. The SMILES string of the molecule is Cc1cc(S(=O)(=O)NCCCCN)c(C)cc1Br.Cl. The van der Waals surface area contributed by atoms with Crippen LogP contribution in [-0.4, -0.2) is 21.5 Å². The van der Waals surface area contributed by atoms with Gasteiger partial charge in [-0.2, -0.15) is 0 Å². The fourth-order valence-corrected chi connectivity index (χ4v) is 3.44. The second kappa shape index (κ2) is 8.21. The fourth-order valence-electron chi connectivity index (χ4n) is 1.60. The minimum absolute atomic E-state index is 0. The first-order valence-electron chi connectivity index (χ1n) is 5.85. The molecule has 0 spiro atoms. The van der Waals surface area contributed by atoms with Gasteiger partial charge in [-0.05, 0) is 56.5 Å². The first-order valence-corrected chi connectivity index (χ1v) is 8.12. The predicted molar refractivity (Wildman–Crippen MR) is 84.3 cm³/mol. The van der Waals surface area contributed by atoms with Gasteiger partial charge in [-0.3, -0.25) is 0 Å². The lowest BCUT2D eigenvalue weighted by atomic mass is 10.2. The molecule has 0 aliphatic heterocycles. The highest BCUT2D eigenvalue weighted by atomic mass is 79.9. The summed E-state index contributed by atoms with van der Waals surface area (Å²) in [5, 5.41) is 0. The van der Waals surface area contributed by atoms with Crippen LogP contribution in [0.2, 0.25) is 0 Å². The van der Waals surface area contributed by atoms with Crippen molar-refractivity contribution in [3.63, 3.8) is 0 Å². The molecule has 0 saturated carbocycles. The summed E-state index contributed by atoms with van der Waals surface area (Å²) in [4.78, 5) is 0.343. The molecule has 0 aliphatic carbocycles. The van der Waals surface area contributed by atoms with E-state index in [4.69, 9.17) is 5.73 Å². The largest absolute Gasteiger partial charge is 0.330 e. The lowest BCUT2D eigenvalue weighted by Gasteiger charge is -2.11. The minimum atomic E-state index is -3.42. The smallest absolute Gasteiger partial charge is 0.240 e. The highest BCUT2D eigenvalue weighted by molar-refractivity contribution is 9.10. The molecule has 110 valence electrons. The molecule has 0 heterocycles. The van der Waals surface area contributed by atoms with E-state index in [9.17, 15) is 8.42 Å². The number of unbranched alkanes of at least 4 members (excludes halogenated alkanes) is 1. The first-order chi connectivity index (χ1) is 8.38. The van der Waals surface area contributed by atoms with Crippen LogP contribution >= 0.6 is 28.3 Å². The van der Waals surface area contributed by atoms with Gasteiger partial charge < -0.3 is 5.73 Å². The second-order valence-electron chi connectivity index (χ2n) is 4.26. The van der Waals surface area contributed by atoms with Gasteiger partial charge in [0.2, 0.25) is 10.0 Å². The van der Waals surface area contributed by atoms with Crippen molar-refractivity contribution in [3.8, 4) is 0 Å². The van der Waals surface area contributed by atoms with Crippen molar-refractivity contribution < 1.29 is 8.42 Å². The van der Waals surface area contributed by atoms with Gasteiger partial charge in [0.05, 0.1) is 4.90 Å². The van der Waals surface area contributed by atoms with Crippen LogP contribution in [0.5, 0.6) is 0 Å². The fraction of sp³-hybridized carbons (Fsp3) is 0.500. The molecular weight excluding hydrogens is 352 g/mol. The molecule has 0 unspecified atom stereocenters. The molecule has 0 amide bonds. The minimum Gasteiger partial charge on any atom is -0.330 e. The molecule has 1 rings (SSSR count). The molecular formula is C12H20BrClN2O2S. The van der Waals surface area contributed by atoms with Crippen molar-refractivity contribution >= 4 is 38.4 Å². The van der Waals surface area contributed by atoms with Gasteiger partial charge >= 0.3 is 0 Å². The monoisotopic (exact) mass is 370 g/mol. The summed E-state index contributed by atoms with van der Waals surface area (Å²) in [6.45, 7) is 4.67. The standard InChI is InChI=1S/C12H19BrN2O2S.ClH/c1-9-8-12(10(2)7-11(9)13)18(16,17)15-6-4-3-5-14;/h7-8,15H,3-6,14H2,1-2H3;1H. The van der Waals surface area contributed by atoms with Gasteiger partial charge in [-0.15, -0.1) is 12.4 Å². The Labute approximate surface area is 129 Å². The van der Waals surface area contributed by atoms with Crippen LogP contribution in [0.1, 0.15) is 24.0 Å². The van der Waals surface area contributed by atoms with E-state index in [0.29, 0.717) is 18.0 Å². The van der Waals surface area contributed by atoms with Crippen LogP contribution < -0.4 is 10.5 Å². The molecule has 0 aliphatic rings. The molecule has 0 saturated heterocycles. The Hall–Kier alpha value is -0.140. The zero-order valence-electron chi connectivity index (χ0n) is 11.1. The summed E-state index contributed by atoms with van der Waals surface area (Å²) >= 11 is 3.39. The highest BCUT2D eigenvalue weighted by Gasteiger charge is 2.17. The van der Waals surface area contributed by atoms with Crippen molar-refractivity contribution in [3.05, 3.63) is 27.7 Å². The van der Waals surface area contributed by atoms with E-state index in [0.717, 1.165) is 28.4 Å². The Balaban J connectivity index is 0.00000324. The van der Waals surface area contributed by atoms with Crippen LogP contribution in [0.3, 0.4) is 0 Å². The van der Waals surface area contributed by atoms with Gasteiger partial charge in [0.15, 0.2) is 0 Å². The molecule has 3 N–H and O–H groups in total. The number of aryl methyl sites for hydroxylation is 2. The number of hydrogen-bond acceptors (Lipinski definition) is 3. The van der Waals surface area contributed by atoms with E-state index in [-0.39, 0.29) is 12.4 Å². The predicted octanol–water partition coefficient (Wildman–Crippen LogP) is 2.50. The van der Waals surface area contributed by atoms with Crippen molar-refractivity contribution in [2.24, 2.45) is 5.73 Å². The third-order valence-corrected chi connectivity index (χ3v) is 5.13. The van der Waals surface area contributed by atoms with Gasteiger partial charge in [-0.1, -0.05) is 15.9 Å². The van der Waals surface area contributed by atoms with Crippen LogP contribution in [0.4, 0.5) is 0 Å². The Kier molecular flexibility index (Phi) is 8.15. The van der Waals surface area contributed by atoms with E-state index < -0.39 is 10.0 Å². The van der Waals surface area contributed by atoms with Gasteiger partial charge in [-0.25, -0.2) is 13.1 Å². The van der Waals surface area contributed by atoms with Crippen molar-refractivity contribution in [1.82, 2.24) is 4.72 Å². The Morgan fingerprint density at radius 1 is 1.21 bits per heavy atom. The topological polar surface area (TPSA) is 72.2 Å². The summed E-state index contributed by atoms with van der Waals surface area (Å²) in [5.41, 5.74) is 7.01. The summed E-state index contributed by atoms with van der Waals surface area (Å²) in [6.07, 6.45) is 1.57. The molecule has 0 bridgehead atoms. The van der Waals surface area contributed by atoms with E-state index in [1.54, 1.807) is 13.0 Å². The molecule has 19 heavy (non-hydrogen) atoms. The van der Waals surface area contributed by atoms with Crippen molar-refractivity contribution in [2.45, 2.75) is 31.6 Å². The Morgan fingerprint density at radius 2 is 1.84 bits per heavy atom. The van der Waals surface area contributed by atoms with Gasteiger partial charge in [0.1, 0.15) is 0 Å². The number of hydrogen-bond donors (Lipinski definition) is 2. The summed E-state index contributed by atoms with van der Waals surface area (Å²) in [7, 11) is -3.42. The number of nitrogens with one attached hydrogen (secondary N) is 1. The molecule has 1 aromatic rings. The van der Waals surface area contributed by atoms with Gasteiger partial charge in [0, 0.05) is 11.0 Å². The number of nitrogens with two attached hydrogens (primary N) is 1. The van der Waals surface area contributed by atoms with E-state index >= 15 is 0 Å². The van der Waals surface area contributed by atoms with Crippen LogP contribution in [0.25, 0.3) is 0 Å². The number of sulfonamides is 1. The second-order valence-corrected chi connectivity index (χ2v) is 6.85. The number of benzene rings is 1. The summed E-state index contributed by atoms with van der Waals surface area (Å²) < 4.78 is 27.8. The average Bonchev–Trinajstić information content (AvgIpc) is 2.29. The van der Waals surface area contributed by atoms with E-state index in [1.807, 2.05) is 13.0 Å². The first kappa shape index (κ1) is 18.9. The summed E-state index contributed by atoms with van der Waals surface area (Å²) in [6, 6.07) is 3.51. The molecule has 7 heteroatoms. The van der Waals surface area contributed by atoms with Crippen LogP contribution in [0.15, 0.2) is 21.5 Å². The van der Waals surface area contributed by atoms with Crippen molar-refractivity contribution in [1.29, 1.82) is 0 Å². The van der Waals surface area contributed by atoms with Crippen LogP contribution in [0, 0.1) is 13.8 Å². The summed E-state index contributed by atoms with van der Waals surface area (Å²) in [5.74, 6) is 0. The van der Waals surface area contributed by atoms with Crippen LogP contribution in [-0.2, 0) is 10.0 Å². The maximum absolute atomic E-state index is 12.1. The number of halogens is 2. The molecule has 0 radical (unpaired) electrons. The number of rotatable bonds is 6. The molecule has 0 atom stereocenters. The molecule has 0 fully saturated rings. The molecule has 1 aromatic carbocycles. The maximum atomic E-state index is 12.1. The Morgan fingerprint density at radius 3 is 2.42 bits per heavy atom. The average molecular weight is 372 g/mol. The maximum Gasteiger partial charge on any atom is 0.240 e. The normalized spacial score (nSPS) is 11.2. The van der Waals surface area contributed by atoms with E-state index in [1.165, 1.54) is 0 Å². The van der Waals surface area contributed by atoms with Crippen molar-refractivity contribution in [2.75, 3.05) is 13.1 Å². The third kappa shape index (κ3) is 5.39. The lowest BCUT2D eigenvalue weighted by molar-refractivity contribution is 0.576.